The van der Waals surface area contributed by atoms with Gasteiger partial charge in [0.1, 0.15) is 10.7 Å². The Bertz CT molecular complexity index is 1440. The van der Waals surface area contributed by atoms with E-state index >= 15 is 0 Å². The number of amides is 1. The largest absolute Gasteiger partial charge is 0.497 e. The summed E-state index contributed by atoms with van der Waals surface area (Å²) in [5.41, 5.74) is -0.150. The summed E-state index contributed by atoms with van der Waals surface area (Å²) in [4.78, 5) is 34.4. The summed E-state index contributed by atoms with van der Waals surface area (Å²) in [6, 6.07) is 24.0. The van der Waals surface area contributed by atoms with Crippen LogP contribution in [0.4, 0.5) is 5.69 Å². The highest BCUT2D eigenvalue weighted by atomic mass is 32.1. The van der Waals surface area contributed by atoms with Crippen LogP contribution in [0.25, 0.3) is 0 Å². The Labute approximate surface area is 207 Å². The SMILES string of the molecule is COc1cccc([C@H]2[C@@]3(N=C(c4ccccc4)OC3=O)C(=S)N[C@]23C(=O)N(C)c2ccccc23)c1. The molecule has 1 fully saturated rings. The van der Waals surface area contributed by atoms with E-state index in [0.717, 1.165) is 11.3 Å². The van der Waals surface area contributed by atoms with Crippen LogP contribution in [0, 0.1) is 0 Å². The molecular formula is C27H21N3O4S. The molecule has 3 aromatic rings. The van der Waals surface area contributed by atoms with E-state index in [1.807, 2.05) is 78.9 Å². The predicted octanol–water partition coefficient (Wildman–Crippen LogP) is 3.32. The minimum absolute atomic E-state index is 0.153. The molecular weight excluding hydrogens is 462 g/mol. The lowest BCUT2D eigenvalue weighted by molar-refractivity contribution is -0.137. The molecule has 8 heteroatoms. The number of anilines is 1. The fourth-order valence-corrected chi connectivity index (χ4v) is 5.92. The molecule has 174 valence electrons. The van der Waals surface area contributed by atoms with Gasteiger partial charge in [-0.2, -0.15) is 0 Å². The maximum Gasteiger partial charge on any atom is 0.348 e. The molecule has 3 atom stereocenters. The van der Waals surface area contributed by atoms with E-state index in [9.17, 15) is 9.59 Å². The van der Waals surface area contributed by atoms with Crippen LogP contribution in [0.2, 0.25) is 0 Å². The van der Waals surface area contributed by atoms with Crippen LogP contribution >= 0.6 is 12.2 Å². The van der Waals surface area contributed by atoms with Gasteiger partial charge in [-0.15, -0.1) is 0 Å². The van der Waals surface area contributed by atoms with Gasteiger partial charge in [-0.1, -0.05) is 60.7 Å². The second kappa shape index (κ2) is 7.48. The average molecular weight is 484 g/mol. The van der Waals surface area contributed by atoms with E-state index in [0.29, 0.717) is 16.9 Å². The smallest absolute Gasteiger partial charge is 0.348 e. The van der Waals surface area contributed by atoms with Gasteiger partial charge in [-0.3, -0.25) is 4.79 Å². The van der Waals surface area contributed by atoms with Crippen LogP contribution < -0.4 is 15.0 Å². The molecule has 1 saturated heterocycles. The number of esters is 1. The van der Waals surface area contributed by atoms with Crippen molar-refractivity contribution in [3.8, 4) is 5.75 Å². The Kier molecular flexibility index (Phi) is 4.59. The highest BCUT2D eigenvalue weighted by Crippen LogP contribution is 2.58. The van der Waals surface area contributed by atoms with Crippen molar-refractivity contribution in [2.45, 2.75) is 17.0 Å². The molecule has 0 radical (unpaired) electrons. The minimum atomic E-state index is -1.62. The molecule has 6 rings (SSSR count). The zero-order valence-electron chi connectivity index (χ0n) is 19.0. The molecule has 1 amide bonds. The van der Waals surface area contributed by atoms with Crippen LogP contribution in [0.15, 0.2) is 83.9 Å². The molecule has 0 saturated carbocycles. The van der Waals surface area contributed by atoms with Gasteiger partial charge in [0.25, 0.3) is 5.91 Å². The summed E-state index contributed by atoms with van der Waals surface area (Å²) < 4.78 is 11.2. The number of hydrogen-bond donors (Lipinski definition) is 1. The molecule has 0 aromatic heterocycles. The summed E-state index contributed by atoms with van der Waals surface area (Å²) >= 11 is 5.82. The molecule has 0 unspecified atom stereocenters. The first kappa shape index (κ1) is 21.5. The van der Waals surface area contributed by atoms with Crippen molar-refractivity contribution in [1.82, 2.24) is 5.32 Å². The van der Waals surface area contributed by atoms with Gasteiger partial charge >= 0.3 is 5.97 Å². The molecule has 2 spiro atoms. The number of benzene rings is 3. The third kappa shape index (κ3) is 2.71. The van der Waals surface area contributed by atoms with Crippen LogP contribution in [-0.2, 0) is 19.9 Å². The lowest BCUT2D eigenvalue weighted by atomic mass is 9.69. The minimum Gasteiger partial charge on any atom is -0.497 e. The highest BCUT2D eigenvalue weighted by molar-refractivity contribution is 7.80. The van der Waals surface area contributed by atoms with Crippen LogP contribution in [0.5, 0.6) is 5.75 Å². The maximum atomic E-state index is 14.0. The molecule has 0 bridgehead atoms. The number of para-hydroxylation sites is 1. The van der Waals surface area contributed by atoms with E-state index in [1.165, 1.54) is 0 Å². The van der Waals surface area contributed by atoms with Crippen molar-refractivity contribution in [2.24, 2.45) is 4.99 Å². The van der Waals surface area contributed by atoms with Crippen molar-refractivity contribution < 1.29 is 19.1 Å². The third-order valence-corrected chi connectivity index (χ3v) is 7.48. The van der Waals surface area contributed by atoms with Crippen LogP contribution in [0.3, 0.4) is 0 Å². The van der Waals surface area contributed by atoms with Gasteiger partial charge in [0.2, 0.25) is 11.4 Å². The normalized spacial score (nSPS) is 26.7. The number of aliphatic imine (C=N–C) groups is 1. The quantitative estimate of drug-likeness (QED) is 0.455. The molecule has 3 aliphatic heterocycles. The number of ether oxygens (including phenoxy) is 2. The van der Waals surface area contributed by atoms with E-state index in [2.05, 4.69) is 5.32 Å². The number of nitrogens with one attached hydrogen (secondary N) is 1. The van der Waals surface area contributed by atoms with E-state index in [1.54, 1.807) is 19.1 Å². The van der Waals surface area contributed by atoms with Crippen LogP contribution in [0.1, 0.15) is 22.6 Å². The first-order valence-electron chi connectivity index (χ1n) is 11.2. The van der Waals surface area contributed by atoms with Gasteiger partial charge in [0.05, 0.1) is 13.0 Å². The zero-order valence-corrected chi connectivity index (χ0v) is 19.8. The van der Waals surface area contributed by atoms with Crippen molar-refractivity contribution in [3.63, 3.8) is 0 Å². The highest BCUT2D eigenvalue weighted by Gasteiger charge is 2.73. The van der Waals surface area contributed by atoms with Gasteiger partial charge < -0.3 is 19.7 Å². The first-order chi connectivity index (χ1) is 16.9. The summed E-state index contributed by atoms with van der Waals surface area (Å²) in [6.07, 6.45) is 0. The lowest BCUT2D eigenvalue weighted by Gasteiger charge is -2.33. The average Bonchev–Trinajstić information content (AvgIpc) is 3.45. The second-order valence-electron chi connectivity index (χ2n) is 8.79. The number of hydrogen-bond acceptors (Lipinski definition) is 6. The predicted molar refractivity (Wildman–Crippen MR) is 135 cm³/mol. The van der Waals surface area contributed by atoms with Crippen molar-refractivity contribution >= 4 is 40.7 Å². The monoisotopic (exact) mass is 483 g/mol. The lowest BCUT2D eigenvalue weighted by Crippen LogP contribution is -2.51. The third-order valence-electron chi connectivity index (χ3n) is 7.07. The van der Waals surface area contributed by atoms with Gasteiger partial charge in [-0.05, 0) is 35.9 Å². The summed E-state index contributed by atoms with van der Waals surface area (Å²) in [5, 5.41) is 3.28. The number of likely N-dealkylation sites (N-methyl/N-ethyl adjacent to an activating group) is 1. The molecule has 0 aliphatic carbocycles. The summed E-state index contributed by atoms with van der Waals surface area (Å²) in [5.74, 6) is -0.877. The number of carbonyl (C=O) groups excluding carboxylic acids is 2. The maximum absolute atomic E-state index is 14.0. The zero-order chi connectivity index (χ0) is 24.4. The topological polar surface area (TPSA) is 80.2 Å². The van der Waals surface area contributed by atoms with Gasteiger partial charge in [-0.25, -0.2) is 9.79 Å². The Balaban J connectivity index is 1.65. The molecule has 3 aliphatic rings. The number of fused-ring (bicyclic) bond motifs is 2. The van der Waals surface area contributed by atoms with Crippen molar-refractivity contribution in [1.29, 1.82) is 0 Å². The molecule has 35 heavy (non-hydrogen) atoms. The van der Waals surface area contributed by atoms with E-state index < -0.39 is 23.0 Å². The Morgan fingerprint density at radius 2 is 1.77 bits per heavy atom. The standard InChI is InChI=1S/C27H21N3O4S/c1-30-20-14-7-6-13-19(20)26(24(30)31)21(17-11-8-12-18(15-17)33-2)27(23(35)29-26)25(32)34-22(28-27)16-9-4-3-5-10-16/h3-15,21H,1-2H3,(H,29,35)/t21-,26+,27-/m1/s1. The Hall–Kier alpha value is -4.04. The number of thiocarbonyl (C=S) groups is 1. The summed E-state index contributed by atoms with van der Waals surface area (Å²) in [7, 11) is 3.29. The fourth-order valence-electron chi connectivity index (χ4n) is 5.52. The van der Waals surface area contributed by atoms with E-state index in [-0.39, 0.29) is 16.8 Å². The summed E-state index contributed by atoms with van der Waals surface area (Å²) in [6.45, 7) is 0. The number of carbonyl (C=O) groups is 2. The fraction of sp³-hybridized carbons (Fsp3) is 0.185. The molecule has 3 aromatic carbocycles. The van der Waals surface area contributed by atoms with Crippen molar-refractivity contribution in [3.05, 3.63) is 95.6 Å². The van der Waals surface area contributed by atoms with Crippen molar-refractivity contribution in [2.75, 3.05) is 19.1 Å². The number of methoxy groups -OCH3 is 1. The van der Waals surface area contributed by atoms with Crippen LogP contribution in [-0.4, -0.2) is 42.5 Å². The van der Waals surface area contributed by atoms with Gasteiger partial charge in [0, 0.05) is 23.9 Å². The van der Waals surface area contributed by atoms with E-state index in [4.69, 9.17) is 26.7 Å². The number of nitrogens with zero attached hydrogens (tertiary/aromatic N) is 2. The molecule has 3 heterocycles. The Morgan fingerprint density at radius 1 is 1.03 bits per heavy atom. The number of cyclic esters (lactones) is 1. The second-order valence-corrected chi connectivity index (χ2v) is 9.20. The van der Waals surface area contributed by atoms with Gasteiger partial charge in [0.15, 0.2) is 5.54 Å². The molecule has 7 nitrogen and oxygen atoms in total. The molecule has 1 N–H and O–H groups in total. The number of rotatable bonds is 3. The first-order valence-corrected chi connectivity index (χ1v) is 11.6. The Morgan fingerprint density at radius 3 is 2.54 bits per heavy atom.